The molecule has 2 N–H and O–H groups in total. The lowest BCUT2D eigenvalue weighted by molar-refractivity contribution is -0.385. The summed E-state index contributed by atoms with van der Waals surface area (Å²) in [5, 5.41) is 10.0. The molecule has 1 aromatic heterocycles. The first kappa shape index (κ1) is 22.4. The van der Waals surface area contributed by atoms with E-state index in [9.17, 15) is 19.7 Å². The molecule has 164 valence electrons. The van der Waals surface area contributed by atoms with E-state index in [4.69, 9.17) is 5.73 Å². The highest BCUT2D eigenvalue weighted by Gasteiger charge is 2.32. The molecule has 9 heteroatoms. The Morgan fingerprint density at radius 3 is 1.66 bits per heavy atom. The number of piperazine rings is 1. The van der Waals surface area contributed by atoms with Crippen molar-refractivity contribution in [3.63, 3.8) is 0 Å². The fourth-order valence-corrected chi connectivity index (χ4v) is 3.13. The molecule has 9 nitrogen and oxygen atoms in total. The molecule has 0 unspecified atom stereocenters. The first-order chi connectivity index (χ1) is 15.4. The number of anilines is 1. The van der Waals surface area contributed by atoms with Gasteiger partial charge in [-0.15, -0.1) is 0 Å². The second-order valence-corrected chi connectivity index (χ2v) is 7.12. The molecule has 0 radical (unpaired) electrons. The molecule has 0 bridgehead atoms. The number of amides is 2. The van der Waals surface area contributed by atoms with E-state index in [2.05, 4.69) is 4.98 Å². The average molecular weight is 433 g/mol. The standard InChI is InChI=1S/C18H18N2O2.C5H5N3O2/c21-17-18(22)20(14-16-9-5-2-6-10-16)12-11-19(17)13-15-7-3-1-4-8-15;6-5-2-1-4(3-7-5)8(9)10/h1-10H,11-14H2;1-3H,(H2,6,7). The van der Waals surface area contributed by atoms with Crippen molar-refractivity contribution >= 4 is 23.3 Å². The highest BCUT2D eigenvalue weighted by molar-refractivity contribution is 6.35. The van der Waals surface area contributed by atoms with Crippen molar-refractivity contribution < 1.29 is 14.5 Å². The van der Waals surface area contributed by atoms with E-state index in [1.54, 1.807) is 9.80 Å². The highest BCUT2D eigenvalue weighted by Crippen LogP contribution is 2.13. The maximum Gasteiger partial charge on any atom is 0.312 e. The van der Waals surface area contributed by atoms with Gasteiger partial charge in [0.05, 0.1) is 4.92 Å². The van der Waals surface area contributed by atoms with Crippen LogP contribution in [0.25, 0.3) is 0 Å². The second-order valence-electron chi connectivity index (χ2n) is 7.12. The zero-order valence-electron chi connectivity index (χ0n) is 17.3. The van der Waals surface area contributed by atoms with Crippen molar-refractivity contribution in [2.24, 2.45) is 0 Å². The minimum absolute atomic E-state index is 0.0470. The van der Waals surface area contributed by atoms with Gasteiger partial charge < -0.3 is 15.5 Å². The largest absolute Gasteiger partial charge is 0.384 e. The molecule has 1 fully saturated rings. The summed E-state index contributed by atoms with van der Waals surface area (Å²) in [6.45, 7) is 2.13. The number of hydrogen-bond donors (Lipinski definition) is 1. The summed E-state index contributed by atoms with van der Waals surface area (Å²) in [6, 6.07) is 22.2. The predicted octanol–water partition coefficient (Wildman–Crippen LogP) is 2.63. The van der Waals surface area contributed by atoms with Crippen LogP contribution in [0.3, 0.4) is 0 Å². The normalized spacial score (nSPS) is 13.4. The highest BCUT2D eigenvalue weighted by atomic mass is 16.6. The van der Waals surface area contributed by atoms with Gasteiger partial charge in [0, 0.05) is 32.2 Å². The van der Waals surface area contributed by atoms with Crippen LogP contribution in [0.5, 0.6) is 0 Å². The number of rotatable bonds is 5. The third-order valence-electron chi connectivity index (χ3n) is 4.81. The Hall–Kier alpha value is -4.27. The Balaban J connectivity index is 0.000000243. The van der Waals surface area contributed by atoms with Crippen molar-refractivity contribution in [1.29, 1.82) is 0 Å². The zero-order chi connectivity index (χ0) is 22.9. The molecule has 1 aliphatic heterocycles. The van der Waals surface area contributed by atoms with Gasteiger partial charge in [-0.3, -0.25) is 19.7 Å². The summed E-state index contributed by atoms with van der Waals surface area (Å²) in [5.74, 6) is -0.539. The molecule has 0 saturated carbocycles. The van der Waals surface area contributed by atoms with Crippen LogP contribution in [-0.2, 0) is 22.7 Å². The molecular formula is C23H23N5O4. The molecule has 0 spiro atoms. The first-order valence-electron chi connectivity index (χ1n) is 9.96. The van der Waals surface area contributed by atoms with E-state index in [1.165, 1.54) is 12.1 Å². The smallest absolute Gasteiger partial charge is 0.312 e. The molecule has 2 heterocycles. The van der Waals surface area contributed by atoms with Crippen LogP contribution in [0.1, 0.15) is 11.1 Å². The molecule has 3 aromatic rings. The first-order valence-corrected chi connectivity index (χ1v) is 9.96. The number of benzene rings is 2. The Labute approximate surface area is 185 Å². The lowest BCUT2D eigenvalue weighted by atomic mass is 10.1. The third kappa shape index (κ3) is 6.11. The Bertz CT molecular complexity index is 999. The van der Waals surface area contributed by atoms with Crippen molar-refractivity contribution in [3.8, 4) is 0 Å². The molecule has 0 aliphatic carbocycles. The summed E-state index contributed by atoms with van der Waals surface area (Å²) >= 11 is 0. The Morgan fingerprint density at radius 1 is 0.812 bits per heavy atom. The number of nitro groups is 1. The maximum atomic E-state index is 12.3. The van der Waals surface area contributed by atoms with Crippen LogP contribution in [0, 0.1) is 10.1 Å². The van der Waals surface area contributed by atoms with Crippen molar-refractivity contribution in [2.75, 3.05) is 18.8 Å². The summed E-state index contributed by atoms with van der Waals surface area (Å²) in [6.07, 6.45) is 1.12. The van der Waals surface area contributed by atoms with Gasteiger partial charge in [-0.2, -0.15) is 0 Å². The van der Waals surface area contributed by atoms with Gasteiger partial charge in [0.25, 0.3) is 5.69 Å². The van der Waals surface area contributed by atoms with E-state index >= 15 is 0 Å². The summed E-state index contributed by atoms with van der Waals surface area (Å²) in [7, 11) is 0. The molecule has 4 rings (SSSR count). The number of nitrogens with two attached hydrogens (primary N) is 1. The lowest BCUT2D eigenvalue weighted by Crippen LogP contribution is -2.53. The van der Waals surface area contributed by atoms with Crippen molar-refractivity contribution in [1.82, 2.24) is 14.8 Å². The van der Waals surface area contributed by atoms with Crippen LogP contribution < -0.4 is 5.73 Å². The van der Waals surface area contributed by atoms with Crippen molar-refractivity contribution in [3.05, 3.63) is 100 Å². The van der Waals surface area contributed by atoms with Crippen LogP contribution in [0.4, 0.5) is 11.5 Å². The Kier molecular flexibility index (Phi) is 7.47. The molecule has 32 heavy (non-hydrogen) atoms. The van der Waals surface area contributed by atoms with Crippen LogP contribution in [0.2, 0.25) is 0 Å². The average Bonchev–Trinajstić information content (AvgIpc) is 2.81. The number of pyridine rings is 1. The molecule has 2 aromatic carbocycles. The second kappa shape index (κ2) is 10.7. The SMILES string of the molecule is Nc1ccc([N+](=O)[O-])cn1.O=C1C(=O)N(Cc2ccccc2)CCN1Cc1ccccc1. The summed E-state index contributed by atoms with van der Waals surface area (Å²) < 4.78 is 0. The van der Waals surface area contributed by atoms with Gasteiger partial charge in [-0.05, 0) is 17.2 Å². The van der Waals surface area contributed by atoms with Crippen molar-refractivity contribution in [2.45, 2.75) is 13.1 Å². The van der Waals surface area contributed by atoms with Gasteiger partial charge in [0.15, 0.2) is 0 Å². The zero-order valence-corrected chi connectivity index (χ0v) is 17.3. The fraction of sp³-hybridized carbons (Fsp3) is 0.174. The number of nitrogen functional groups attached to an aromatic ring is 1. The Morgan fingerprint density at radius 2 is 1.28 bits per heavy atom. The van der Waals surface area contributed by atoms with E-state index in [-0.39, 0.29) is 11.5 Å². The van der Waals surface area contributed by atoms with Crippen LogP contribution in [0.15, 0.2) is 79.0 Å². The van der Waals surface area contributed by atoms with E-state index in [0.29, 0.717) is 26.2 Å². The minimum atomic E-state index is -0.521. The number of hydrogen-bond acceptors (Lipinski definition) is 6. The number of aromatic nitrogens is 1. The summed E-state index contributed by atoms with van der Waals surface area (Å²) in [5.41, 5.74) is 7.23. The fourth-order valence-electron chi connectivity index (χ4n) is 3.13. The van der Waals surface area contributed by atoms with Crippen LogP contribution >= 0.6 is 0 Å². The summed E-state index contributed by atoms with van der Waals surface area (Å²) in [4.78, 5) is 40.8. The number of carbonyl (C=O) groups excluding carboxylic acids is 2. The molecule has 1 saturated heterocycles. The van der Waals surface area contributed by atoms with E-state index in [0.717, 1.165) is 17.3 Å². The number of carbonyl (C=O) groups is 2. The minimum Gasteiger partial charge on any atom is -0.384 e. The lowest BCUT2D eigenvalue weighted by Gasteiger charge is -2.33. The molecular weight excluding hydrogens is 410 g/mol. The van der Waals surface area contributed by atoms with Gasteiger partial charge in [-0.25, -0.2) is 4.98 Å². The molecule has 1 aliphatic rings. The third-order valence-corrected chi connectivity index (χ3v) is 4.81. The molecule has 2 amide bonds. The van der Waals surface area contributed by atoms with Gasteiger partial charge in [0.2, 0.25) is 0 Å². The number of nitrogens with zero attached hydrogens (tertiary/aromatic N) is 4. The molecule has 0 atom stereocenters. The van der Waals surface area contributed by atoms with E-state index in [1.807, 2.05) is 60.7 Å². The van der Waals surface area contributed by atoms with Crippen LogP contribution in [-0.4, -0.2) is 44.6 Å². The van der Waals surface area contributed by atoms with Gasteiger partial charge in [-0.1, -0.05) is 60.7 Å². The van der Waals surface area contributed by atoms with Gasteiger partial charge >= 0.3 is 11.8 Å². The maximum absolute atomic E-state index is 12.3. The van der Waals surface area contributed by atoms with Gasteiger partial charge in [0.1, 0.15) is 12.0 Å². The monoisotopic (exact) mass is 433 g/mol. The van der Waals surface area contributed by atoms with E-state index < -0.39 is 16.7 Å². The predicted molar refractivity (Wildman–Crippen MR) is 119 cm³/mol. The topological polar surface area (TPSA) is 123 Å². The quantitative estimate of drug-likeness (QED) is 0.375.